The molecule has 0 bridgehead atoms. The molecule has 0 spiro atoms. The highest BCUT2D eigenvalue weighted by atomic mass is 32.2. The minimum Gasteiger partial charge on any atom is -0.340 e. The van der Waals surface area contributed by atoms with Crippen molar-refractivity contribution in [2.45, 2.75) is 30.7 Å². The lowest BCUT2D eigenvalue weighted by Crippen LogP contribution is -2.32. The zero-order valence-corrected chi connectivity index (χ0v) is 15.5. The summed E-state index contributed by atoms with van der Waals surface area (Å²) in [6.45, 7) is 4.42. The summed E-state index contributed by atoms with van der Waals surface area (Å²) in [5, 5.41) is 1.63. The molecule has 0 saturated carbocycles. The van der Waals surface area contributed by atoms with Crippen molar-refractivity contribution in [1.82, 2.24) is 14.9 Å². The van der Waals surface area contributed by atoms with Crippen LogP contribution in [-0.2, 0) is 11.3 Å². The second-order valence-electron chi connectivity index (χ2n) is 6.03. The molecular weight excluding hydrogens is 330 g/mol. The lowest BCUT2D eigenvalue weighted by molar-refractivity contribution is -0.129. The first-order chi connectivity index (χ1) is 12.0. The molecule has 25 heavy (non-hydrogen) atoms. The van der Waals surface area contributed by atoms with Crippen molar-refractivity contribution in [2.24, 2.45) is 0 Å². The van der Waals surface area contributed by atoms with Crippen LogP contribution in [0.15, 0.2) is 59.6 Å². The summed E-state index contributed by atoms with van der Waals surface area (Å²) < 4.78 is 0. The topological polar surface area (TPSA) is 46.1 Å². The summed E-state index contributed by atoms with van der Waals surface area (Å²) in [5.41, 5.74) is 2.04. The highest BCUT2D eigenvalue weighted by Gasteiger charge is 2.20. The van der Waals surface area contributed by atoms with E-state index in [1.807, 2.05) is 75.5 Å². The van der Waals surface area contributed by atoms with Gasteiger partial charge in [-0.2, -0.15) is 0 Å². The van der Waals surface area contributed by atoms with Crippen LogP contribution >= 0.6 is 11.8 Å². The van der Waals surface area contributed by atoms with Gasteiger partial charge in [0.1, 0.15) is 10.9 Å². The molecule has 128 valence electrons. The van der Waals surface area contributed by atoms with E-state index in [1.54, 1.807) is 4.90 Å². The largest absolute Gasteiger partial charge is 0.340 e. The fourth-order valence-corrected chi connectivity index (χ4v) is 3.81. The van der Waals surface area contributed by atoms with E-state index in [0.717, 1.165) is 27.3 Å². The van der Waals surface area contributed by atoms with Gasteiger partial charge in [-0.3, -0.25) is 4.79 Å². The summed E-state index contributed by atoms with van der Waals surface area (Å²) in [6, 6.07) is 17.9. The van der Waals surface area contributed by atoms with Gasteiger partial charge in [0.15, 0.2) is 0 Å². The van der Waals surface area contributed by atoms with E-state index in [-0.39, 0.29) is 11.2 Å². The van der Waals surface area contributed by atoms with E-state index in [4.69, 9.17) is 0 Å². The number of benzene rings is 2. The molecule has 0 fully saturated rings. The molecular formula is C20H21N3OS. The number of rotatable bonds is 5. The molecule has 1 amide bonds. The van der Waals surface area contributed by atoms with Gasteiger partial charge in [-0.1, -0.05) is 60.3 Å². The molecule has 0 N–H and O–H groups in total. The van der Waals surface area contributed by atoms with Gasteiger partial charge in [0.2, 0.25) is 5.91 Å². The molecule has 1 heterocycles. The van der Waals surface area contributed by atoms with Crippen molar-refractivity contribution in [1.29, 1.82) is 0 Å². The van der Waals surface area contributed by atoms with Gasteiger partial charge in [-0.05, 0) is 25.5 Å². The first-order valence-corrected chi connectivity index (χ1v) is 9.11. The molecule has 3 aromatic rings. The molecule has 0 radical (unpaired) electrons. The van der Waals surface area contributed by atoms with Crippen LogP contribution in [0.4, 0.5) is 0 Å². The molecule has 0 saturated heterocycles. The number of hydrogen-bond acceptors (Lipinski definition) is 4. The van der Waals surface area contributed by atoms with Gasteiger partial charge >= 0.3 is 0 Å². The normalized spacial score (nSPS) is 12.1. The first kappa shape index (κ1) is 17.4. The van der Waals surface area contributed by atoms with Gasteiger partial charge in [-0.15, -0.1) is 0 Å². The Morgan fingerprint density at radius 1 is 1.08 bits per heavy atom. The van der Waals surface area contributed by atoms with Crippen molar-refractivity contribution < 1.29 is 4.79 Å². The van der Waals surface area contributed by atoms with Crippen LogP contribution in [0.2, 0.25) is 0 Å². The summed E-state index contributed by atoms with van der Waals surface area (Å²) in [6.07, 6.45) is 0. The number of fused-ring (bicyclic) bond motifs is 1. The van der Waals surface area contributed by atoms with E-state index in [9.17, 15) is 4.79 Å². The van der Waals surface area contributed by atoms with Crippen molar-refractivity contribution in [3.63, 3.8) is 0 Å². The van der Waals surface area contributed by atoms with Crippen LogP contribution in [0.1, 0.15) is 18.3 Å². The highest BCUT2D eigenvalue weighted by molar-refractivity contribution is 8.00. The summed E-state index contributed by atoms with van der Waals surface area (Å²) in [5.74, 6) is 0.813. The molecule has 1 unspecified atom stereocenters. The van der Waals surface area contributed by atoms with E-state index < -0.39 is 0 Å². The zero-order chi connectivity index (χ0) is 17.8. The smallest absolute Gasteiger partial charge is 0.235 e. The number of nitrogens with zero attached hydrogens (tertiary/aromatic N) is 3. The predicted octanol–water partition coefficient (Wildman–Crippen LogP) is 4.08. The maximum absolute atomic E-state index is 12.7. The van der Waals surface area contributed by atoms with Crippen LogP contribution in [-0.4, -0.2) is 33.1 Å². The van der Waals surface area contributed by atoms with Crippen molar-refractivity contribution in [3.8, 4) is 0 Å². The Bertz CT molecular complexity index is 883. The molecule has 4 nitrogen and oxygen atoms in total. The number of aromatic nitrogens is 2. The van der Waals surface area contributed by atoms with Crippen molar-refractivity contribution >= 4 is 28.6 Å². The first-order valence-electron chi connectivity index (χ1n) is 8.23. The molecule has 2 aromatic carbocycles. The van der Waals surface area contributed by atoms with E-state index >= 15 is 0 Å². The number of carbonyl (C=O) groups is 1. The van der Waals surface area contributed by atoms with Crippen LogP contribution in [0, 0.1) is 6.92 Å². The number of amides is 1. The van der Waals surface area contributed by atoms with Gasteiger partial charge < -0.3 is 4.90 Å². The number of hydrogen-bond donors (Lipinski definition) is 0. The maximum atomic E-state index is 12.7. The average Bonchev–Trinajstić information content (AvgIpc) is 2.61. The molecule has 0 aliphatic heterocycles. The second-order valence-corrected chi connectivity index (χ2v) is 7.36. The Labute approximate surface area is 152 Å². The minimum atomic E-state index is -0.216. The van der Waals surface area contributed by atoms with E-state index in [0.29, 0.717) is 6.54 Å². The zero-order valence-electron chi connectivity index (χ0n) is 14.6. The average molecular weight is 351 g/mol. The van der Waals surface area contributed by atoms with Crippen LogP contribution in [0.25, 0.3) is 10.9 Å². The Morgan fingerprint density at radius 3 is 2.52 bits per heavy atom. The third-order valence-electron chi connectivity index (χ3n) is 3.96. The highest BCUT2D eigenvalue weighted by Crippen LogP contribution is 2.29. The lowest BCUT2D eigenvalue weighted by atomic mass is 10.2. The maximum Gasteiger partial charge on any atom is 0.235 e. The van der Waals surface area contributed by atoms with Gasteiger partial charge in [0.05, 0.1) is 10.8 Å². The Balaban J connectivity index is 1.75. The summed E-state index contributed by atoms with van der Waals surface area (Å²) >= 11 is 1.49. The van der Waals surface area contributed by atoms with Gasteiger partial charge in [-0.25, -0.2) is 9.97 Å². The Kier molecular flexibility index (Phi) is 5.34. The van der Waals surface area contributed by atoms with E-state index in [1.165, 1.54) is 11.8 Å². The minimum absolute atomic E-state index is 0.0919. The van der Waals surface area contributed by atoms with Gasteiger partial charge in [0.25, 0.3) is 0 Å². The standard InChI is InChI=1S/C20H21N3OS/c1-14(20(24)23(3)13-16-9-5-4-6-10-16)25-19-17-11-7-8-12-18(17)21-15(2)22-19/h4-12,14H,13H2,1-3H3. The lowest BCUT2D eigenvalue weighted by Gasteiger charge is -2.21. The Hall–Kier alpha value is -2.40. The Morgan fingerprint density at radius 2 is 1.76 bits per heavy atom. The molecule has 5 heteroatoms. The quantitative estimate of drug-likeness (QED) is 0.513. The third kappa shape index (κ3) is 4.17. The van der Waals surface area contributed by atoms with Crippen molar-refractivity contribution in [3.05, 3.63) is 66.0 Å². The van der Waals surface area contributed by atoms with Crippen LogP contribution < -0.4 is 0 Å². The number of aryl methyl sites for hydroxylation is 1. The molecule has 3 rings (SSSR count). The van der Waals surface area contributed by atoms with Crippen molar-refractivity contribution in [2.75, 3.05) is 7.05 Å². The molecule has 1 aromatic heterocycles. The predicted molar refractivity (Wildman–Crippen MR) is 103 cm³/mol. The monoisotopic (exact) mass is 351 g/mol. The summed E-state index contributed by atoms with van der Waals surface area (Å²) in [4.78, 5) is 23.5. The summed E-state index contributed by atoms with van der Waals surface area (Å²) in [7, 11) is 1.84. The molecule has 0 aliphatic rings. The van der Waals surface area contributed by atoms with Crippen LogP contribution in [0.5, 0.6) is 0 Å². The molecule has 0 aliphatic carbocycles. The number of para-hydroxylation sites is 1. The fourth-order valence-electron chi connectivity index (χ4n) is 2.71. The molecule has 1 atom stereocenters. The second kappa shape index (κ2) is 7.66. The number of thioether (sulfide) groups is 1. The number of carbonyl (C=O) groups excluding carboxylic acids is 1. The SMILES string of the molecule is Cc1nc(SC(C)C(=O)N(C)Cc2ccccc2)c2ccccc2n1. The fraction of sp³-hybridized carbons (Fsp3) is 0.250. The van der Waals surface area contributed by atoms with E-state index in [2.05, 4.69) is 9.97 Å². The van der Waals surface area contributed by atoms with Crippen LogP contribution in [0.3, 0.4) is 0 Å². The van der Waals surface area contributed by atoms with Gasteiger partial charge in [0, 0.05) is 19.0 Å². The third-order valence-corrected chi connectivity index (χ3v) is 5.04.